The minimum atomic E-state index is -0.222. The summed E-state index contributed by atoms with van der Waals surface area (Å²) in [6.07, 6.45) is 8.69. The molecular formula is C22H30N4O3. The van der Waals surface area contributed by atoms with Gasteiger partial charge in [0, 0.05) is 23.6 Å². The van der Waals surface area contributed by atoms with Crippen LogP contribution in [0.4, 0.5) is 11.4 Å². The summed E-state index contributed by atoms with van der Waals surface area (Å²) in [7, 11) is 0. The van der Waals surface area contributed by atoms with E-state index in [-0.39, 0.29) is 42.3 Å². The van der Waals surface area contributed by atoms with Gasteiger partial charge >= 0.3 is 0 Å². The second kappa shape index (κ2) is 8.53. The molecule has 7 nitrogen and oxygen atoms in total. The summed E-state index contributed by atoms with van der Waals surface area (Å²) < 4.78 is 0. The van der Waals surface area contributed by atoms with Gasteiger partial charge in [0.1, 0.15) is 6.54 Å². The first-order valence-corrected chi connectivity index (χ1v) is 10.8. The first-order chi connectivity index (χ1) is 14.0. The Morgan fingerprint density at radius 2 is 1.76 bits per heavy atom. The number of benzene rings is 1. The first-order valence-electron chi connectivity index (χ1n) is 10.8. The molecule has 1 aromatic rings. The molecule has 2 aliphatic carbocycles. The number of amides is 3. The van der Waals surface area contributed by atoms with Gasteiger partial charge in [-0.2, -0.15) is 0 Å². The van der Waals surface area contributed by atoms with E-state index >= 15 is 0 Å². The van der Waals surface area contributed by atoms with Gasteiger partial charge < -0.3 is 21.3 Å². The van der Waals surface area contributed by atoms with Crippen LogP contribution < -0.4 is 21.3 Å². The van der Waals surface area contributed by atoms with Gasteiger partial charge in [0.25, 0.3) is 5.91 Å². The van der Waals surface area contributed by atoms with Gasteiger partial charge in [-0.15, -0.1) is 0 Å². The number of fused-ring (bicyclic) bond motifs is 1. The Bertz CT molecular complexity index is 795. The average Bonchev–Trinajstić information content (AvgIpc) is 2.74. The van der Waals surface area contributed by atoms with Crippen LogP contribution in [0.3, 0.4) is 0 Å². The summed E-state index contributed by atoms with van der Waals surface area (Å²) in [5.74, 6) is -0.363. The van der Waals surface area contributed by atoms with E-state index in [2.05, 4.69) is 10.6 Å². The first kappa shape index (κ1) is 19.9. The number of nitrogens with one attached hydrogen (secondary N) is 2. The van der Waals surface area contributed by atoms with Crippen LogP contribution in [0.1, 0.15) is 68.1 Å². The number of anilines is 2. The van der Waals surface area contributed by atoms with E-state index < -0.39 is 0 Å². The minimum Gasteiger partial charge on any atom is -0.349 e. The maximum absolute atomic E-state index is 13.0. The quantitative estimate of drug-likeness (QED) is 0.728. The molecule has 3 amide bonds. The lowest BCUT2D eigenvalue weighted by Gasteiger charge is -2.33. The third-order valence-corrected chi connectivity index (χ3v) is 6.45. The molecule has 0 atom stereocenters. The molecule has 3 aliphatic rings. The van der Waals surface area contributed by atoms with Crippen LogP contribution in [0.15, 0.2) is 18.2 Å². The van der Waals surface area contributed by atoms with Crippen LogP contribution in [0, 0.1) is 5.92 Å². The van der Waals surface area contributed by atoms with Crippen molar-refractivity contribution < 1.29 is 14.4 Å². The van der Waals surface area contributed by atoms with Gasteiger partial charge in [-0.3, -0.25) is 14.4 Å². The lowest BCUT2D eigenvalue weighted by molar-refractivity contribution is -0.125. The predicted octanol–water partition coefficient (Wildman–Crippen LogP) is 2.55. The highest BCUT2D eigenvalue weighted by atomic mass is 16.2. The Kier molecular flexibility index (Phi) is 5.85. The largest absolute Gasteiger partial charge is 0.349 e. The SMILES string of the molecule is NC1CCC(NC(=O)c2ccc3c(c2)NC(=O)CN3C(=O)C2CCCCC2)CC1. The number of hydrogen-bond donors (Lipinski definition) is 3. The smallest absolute Gasteiger partial charge is 0.251 e. The van der Waals surface area contributed by atoms with Crippen molar-refractivity contribution in [1.29, 1.82) is 0 Å². The van der Waals surface area contributed by atoms with Crippen molar-refractivity contribution in [3.05, 3.63) is 23.8 Å². The number of carbonyl (C=O) groups is 3. The molecule has 0 spiro atoms. The van der Waals surface area contributed by atoms with E-state index in [1.807, 2.05) is 0 Å². The molecule has 0 unspecified atom stereocenters. The highest BCUT2D eigenvalue weighted by molar-refractivity contribution is 6.11. The van der Waals surface area contributed by atoms with Crippen LogP contribution >= 0.6 is 0 Å². The fraction of sp³-hybridized carbons (Fsp3) is 0.591. The Labute approximate surface area is 171 Å². The number of hydrogen-bond acceptors (Lipinski definition) is 4. The minimum absolute atomic E-state index is 0.0110. The molecule has 2 fully saturated rings. The van der Waals surface area contributed by atoms with E-state index in [0.29, 0.717) is 16.9 Å². The lowest BCUT2D eigenvalue weighted by atomic mass is 9.88. The summed E-state index contributed by atoms with van der Waals surface area (Å²) in [4.78, 5) is 39.5. The number of rotatable bonds is 3. The Morgan fingerprint density at radius 3 is 2.48 bits per heavy atom. The van der Waals surface area contributed by atoms with Crippen molar-refractivity contribution in [1.82, 2.24) is 5.32 Å². The van der Waals surface area contributed by atoms with Gasteiger partial charge in [-0.1, -0.05) is 19.3 Å². The highest BCUT2D eigenvalue weighted by Gasteiger charge is 2.32. The summed E-state index contributed by atoms with van der Waals surface area (Å²) in [6.45, 7) is 0.0379. The summed E-state index contributed by atoms with van der Waals surface area (Å²) in [5, 5.41) is 5.89. The van der Waals surface area contributed by atoms with E-state index in [4.69, 9.17) is 5.73 Å². The average molecular weight is 399 g/mol. The standard InChI is InChI=1S/C22H30N4O3/c23-16-7-9-17(10-8-16)24-21(28)15-6-11-19-18(12-15)25-20(27)13-26(19)22(29)14-4-2-1-3-5-14/h6,11-12,14,16-17H,1-5,7-10,13,23H2,(H,24,28)(H,25,27). The van der Waals surface area contributed by atoms with Crippen LogP contribution in [0.2, 0.25) is 0 Å². The fourth-order valence-corrected chi connectivity index (χ4v) is 4.73. The summed E-state index contributed by atoms with van der Waals surface area (Å²) in [5.41, 5.74) is 7.64. The van der Waals surface area contributed by atoms with Crippen molar-refractivity contribution in [3.8, 4) is 0 Å². The molecule has 0 saturated heterocycles. The van der Waals surface area contributed by atoms with Gasteiger partial charge in [0.15, 0.2) is 0 Å². The van der Waals surface area contributed by atoms with Gasteiger partial charge in [-0.05, 0) is 56.7 Å². The normalized spacial score (nSPS) is 25.1. The number of nitrogens with zero attached hydrogens (tertiary/aromatic N) is 1. The summed E-state index contributed by atoms with van der Waals surface area (Å²) >= 11 is 0. The van der Waals surface area contributed by atoms with E-state index in [1.165, 1.54) is 6.42 Å². The molecule has 4 rings (SSSR count). The fourth-order valence-electron chi connectivity index (χ4n) is 4.73. The molecule has 0 aromatic heterocycles. The highest BCUT2D eigenvalue weighted by Crippen LogP contribution is 2.34. The van der Waals surface area contributed by atoms with Crippen molar-refractivity contribution in [3.63, 3.8) is 0 Å². The molecule has 4 N–H and O–H groups in total. The van der Waals surface area contributed by atoms with Gasteiger partial charge in [0.2, 0.25) is 11.8 Å². The molecular weight excluding hydrogens is 368 g/mol. The number of nitrogens with two attached hydrogens (primary N) is 1. The topological polar surface area (TPSA) is 105 Å². The van der Waals surface area contributed by atoms with Crippen molar-refractivity contribution in [2.45, 2.75) is 69.9 Å². The van der Waals surface area contributed by atoms with Gasteiger partial charge in [0.05, 0.1) is 11.4 Å². The number of carbonyl (C=O) groups excluding carboxylic acids is 3. The zero-order chi connectivity index (χ0) is 20.4. The van der Waals surface area contributed by atoms with Gasteiger partial charge in [-0.25, -0.2) is 0 Å². The maximum atomic E-state index is 13.0. The molecule has 0 bridgehead atoms. The molecule has 1 aromatic carbocycles. The molecule has 0 radical (unpaired) electrons. The van der Waals surface area contributed by atoms with Crippen molar-refractivity contribution in [2.75, 3.05) is 16.8 Å². The molecule has 29 heavy (non-hydrogen) atoms. The lowest BCUT2D eigenvalue weighted by Crippen LogP contribution is -2.45. The third kappa shape index (κ3) is 4.45. The molecule has 1 aliphatic heterocycles. The van der Waals surface area contributed by atoms with E-state index in [1.54, 1.807) is 23.1 Å². The summed E-state index contributed by atoms with van der Waals surface area (Å²) in [6, 6.07) is 5.56. The van der Waals surface area contributed by atoms with E-state index in [9.17, 15) is 14.4 Å². The third-order valence-electron chi connectivity index (χ3n) is 6.45. The zero-order valence-electron chi connectivity index (χ0n) is 16.8. The van der Waals surface area contributed by atoms with E-state index in [0.717, 1.165) is 51.4 Å². The predicted molar refractivity (Wildman–Crippen MR) is 112 cm³/mol. The monoisotopic (exact) mass is 398 g/mol. The Hall–Kier alpha value is -2.41. The van der Waals surface area contributed by atoms with Crippen LogP contribution in [-0.4, -0.2) is 36.3 Å². The Morgan fingerprint density at radius 1 is 1.03 bits per heavy atom. The van der Waals surface area contributed by atoms with Crippen molar-refractivity contribution in [2.24, 2.45) is 11.7 Å². The maximum Gasteiger partial charge on any atom is 0.251 e. The molecule has 1 heterocycles. The second-order valence-corrected chi connectivity index (χ2v) is 8.62. The molecule has 7 heteroatoms. The molecule has 2 saturated carbocycles. The Balaban J connectivity index is 1.49. The van der Waals surface area contributed by atoms with Crippen LogP contribution in [-0.2, 0) is 9.59 Å². The van der Waals surface area contributed by atoms with Crippen LogP contribution in [0.25, 0.3) is 0 Å². The second-order valence-electron chi connectivity index (χ2n) is 8.62. The zero-order valence-corrected chi connectivity index (χ0v) is 16.8. The van der Waals surface area contributed by atoms with Crippen LogP contribution in [0.5, 0.6) is 0 Å². The van der Waals surface area contributed by atoms with Crippen molar-refractivity contribution >= 4 is 29.1 Å². The molecule has 156 valence electrons.